The van der Waals surface area contributed by atoms with Gasteiger partial charge in [-0.05, 0) is 24.8 Å². The zero-order valence-electron chi connectivity index (χ0n) is 9.46. The lowest BCUT2D eigenvalue weighted by Crippen LogP contribution is -2.07. The fourth-order valence-electron chi connectivity index (χ4n) is 1.92. The number of rotatable bonds is 4. The first-order chi connectivity index (χ1) is 8.13. The zero-order chi connectivity index (χ0) is 12.4. The van der Waals surface area contributed by atoms with Crippen LogP contribution in [0.25, 0.3) is 0 Å². The molecule has 17 heavy (non-hydrogen) atoms. The SMILES string of the molecule is CCOC(=O)[C@@H]1C[C@@H]1c1ccc([N+](=O)[O-])cc1. The molecule has 0 saturated heterocycles. The number of hydrogen-bond acceptors (Lipinski definition) is 4. The third-order valence-corrected chi connectivity index (χ3v) is 2.91. The smallest absolute Gasteiger partial charge is 0.309 e. The zero-order valence-corrected chi connectivity index (χ0v) is 9.46. The molecular formula is C12H13NO4. The number of nitro benzene ring substituents is 1. The van der Waals surface area contributed by atoms with Crippen molar-refractivity contribution in [2.24, 2.45) is 5.92 Å². The average molecular weight is 235 g/mol. The highest BCUT2D eigenvalue weighted by molar-refractivity contribution is 5.77. The number of hydrogen-bond donors (Lipinski definition) is 0. The molecular weight excluding hydrogens is 222 g/mol. The van der Waals surface area contributed by atoms with Crippen LogP contribution in [0.15, 0.2) is 24.3 Å². The summed E-state index contributed by atoms with van der Waals surface area (Å²) >= 11 is 0. The molecule has 0 unspecified atom stereocenters. The van der Waals surface area contributed by atoms with Gasteiger partial charge in [-0.2, -0.15) is 0 Å². The van der Waals surface area contributed by atoms with Gasteiger partial charge in [-0.1, -0.05) is 12.1 Å². The Hall–Kier alpha value is -1.91. The number of benzene rings is 1. The maximum absolute atomic E-state index is 11.4. The lowest BCUT2D eigenvalue weighted by molar-refractivity contribution is -0.384. The van der Waals surface area contributed by atoms with E-state index in [-0.39, 0.29) is 23.5 Å². The summed E-state index contributed by atoms with van der Waals surface area (Å²) < 4.78 is 4.93. The molecule has 1 saturated carbocycles. The Bertz CT molecular complexity index is 440. The lowest BCUT2D eigenvalue weighted by atomic mass is 10.1. The van der Waals surface area contributed by atoms with Gasteiger partial charge >= 0.3 is 5.97 Å². The van der Waals surface area contributed by atoms with Gasteiger partial charge in [0.15, 0.2) is 0 Å². The van der Waals surface area contributed by atoms with Gasteiger partial charge in [0.25, 0.3) is 5.69 Å². The van der Waals surface area contributed by atoms with Crippen molar-refractivity contribution in [1.29, 1.82) is 0 Å². The Morgan fingerprint density at radius 2 is 2.12 bits per heavy atom. The first-order valence-corrected chi connectivity index (χ1v) is 5.54. The highest BCUT2D eigenvalue weighted by Crippen LogP contribution is 2.48. The fourth-order valence-corrected chi connectivity index (χ4v) is 1.92. The summed E-state index contributed by atoms with van der Waals surface area (Å²) in [5.74, 6) is -0.0814. The minimum absolute atomic E-state index is 0.0714. The summed E-state index contributed by atoms with van der Waals surface area (Å²) in [5, 5.41) is 10.5. The van der Waals surface area contributed by atoms with Crippen molar-refractivity contribution in [3.8, 4) is 0 Å². The van der Waals surface area contributed by atoms with E-state index in [2.05, 4.69) is 0 Å². The first-order valence-electron chi connectivity index (χ1n) is 5.54. The van der Waals surface area contributed by atoms with Crippen molar-refractivity contribution in [2.45, 2.75) is 19.3 Å². The van der Waals surface area contributed by atoms with E-state index in [1.54, 1.807) is 19.1 Å². The Kier molecular flexibility index (Phi) is 3.08. The third-order valence-electron chi connectivity index (χ3n) is 2.91. The quantitative estimate of drug-likeness (QED) is 0.456. The lowest BCUT2D eigenvalue weighted by Gasteiger charge is -2.01. The molecule has 2 atom stereocenters. The number of non-ortho nitro benzene ring substituents is 1. The van der Waals surface area contributed by atoms with Gasteiger partial charge in [-0.25, -0.2) is 0 Å². The first kappa shape index (κ1) is 11.6. The monoisotopic (exact) mass is 235 g/mol. The molecule has 1 fully saturated rings. The van der Waals surface area contributed by atoms with E-state index in [1.165, 1.54) is 12.1 Å². The maximum atomic E-state index is 11.4. The van der Waals surface area contributed by atoms with E-state index in [1.807, 2.05) is 0 Å². The van der Waals surface area contributed by atoms with Crippen molar-refractivity contribution >= 4 is 11.7 Å². The van der Waals surface area contributed by atoms with Gasteiger partial charge in [0.2, 0.25) is 0 Å². The van der Waals surface area contributed by atoms with Crippen molar-refractivity contribution in [1.82, 2.24) is 0 Å². The Labute approximate surface area is 98.5 Å². The summed E-state index contributed by atoms with van der Waals surface area (Å²) in [4.78, 5) is 21.5. The van der Waals surface area contributed by atoms with Crippen molar-refractivity contribution in [3.05, 3.63) is 39.9 Å². The summed E-state index contributed by atoms with van der Waals surface area (Å²) in [5.41, 5.74) is 1.04. The van der Waals surface area contributed by atoms with E-state index < -0.39 is 4.92 Å². The molecule has 1 aromatic rings. The highest BCUT2D eigenvalue weighted by Gasteiger charge is 2.45. The Balaban J connectivity index is 2.01. The summed E-state index contributed by atoms with van der Waals surface area (Å²) in [6.07, 6.45) is 0.774. The van der Waals surface area contributed by atoms with Crippen LogP contribution in [0.5, 0.6) is 0 Å². The second-order valence-electron chi connectivity index (χ2n) is 4.05. The van der Waals surface area contributed by atoms with E-state index in [0.29, 0.717) is 6.61 Å². The minimum atomic E-state index is -0.431. The Morgan fingerprint density at radius 3 is 2.65 bits per heavy atom. The molecule has 0 aromatic heterocycles. The van der Waals surface area contributed by atoms with Crippen LogP contribution in [0.3, 0.4) is 0 Å². The van der Waals surface area contributed by atoms with Gasteiger partial charge in [0.1, 0.15) is 0 Å². The molecule has 0 N–H and O–H groups in total. The molecule has 1 aromatic carbocycles. The van der Waals surface area contributed by atoms with Gasteiger partial charge in [-0.3, -0.25) is 14.9 Å². The summed E-state index contributed by atoms with van der Waals surface area (Å²) in [7, 11) is 0. The molecule has 2 rings (SSSR count). The van der Waals surface area contributed by atoms with Crippen LogP contribution in [-0.2, 0) is 9.53 Å². The molecule has 5 heteroatoms. The van der Waals surface area contributed by atoms with E-state index >= 15 is 0 Å². The predicted octanol–water partition coefficient (Wildman–Crippen LogP) is 2.26. The third kappa shape index (κ3) is 2.43. The van der Waals surface area contributed by atoms with E-state index in [9.17, 15) is 14.9 Å². The van der Waals surface area contributed by atoms with Gasteiger partial charge in [0, 0.05) is 12.1 Å². The molecule has 90 valence electrons. The number of carbonyl (C=O) groups excluding carboxylic acids is 1. The number of nitrogens with zero attached hydrogens (tertiary/aromatic N) is 1. The van der Waals surface area contributed by atoms with Crippen LogP contribution in [0.4, 0.5) is 5.69 Å². The van der Waals surface area contributed by atoms with Crippen LogP contribution in [0.1, 0.15) is 24.8 Å². The van der Waals surface area contributed by atoms with Crippen LogP contribution in [0.2, 0.25) is 0 Å². The highest BCUT2D eigenvalue weighted by atomic mass is 16.6. The Morgan fingerprint density at radius 1 is 1.47 bits per heavy atom. The van der Waals surface area contributed by atoms with E-state index in [0.717, 1.165) is 12.0 Å². The molecule has 0 bridgehead atoms. The number of ether oxygens (including phenoxy) is 1. The number of carbonyl (C=O) groups is 1. The summed E-state index contributed by atoms with van der Waals surface area (Å²) in [6.45, 7) is 2.17. The molecule has 5 nitrogen and oxygen atoms in total. The van der Waals surface area contributed by atoms with Crippen LogP contribution < -0.4 is 0 Å². The normalized spacial score (nSPS) is 21.9. The second kappa shape index (κ2) is 4.53. The van der Waals surface area contributed by atoms with Crippen LogP contribution in [0, 0.1) is 16.0 Å². The predicted molar refractivity (Wildman–Crippen MR) is 60.6 cm³/mol. The van der Waals surface area contributed by atoms with Crippen molar-refractivity contribution in [3.63, 3.8) is 0 Å². The van der Waals surface area contributed by atoms with Crippen molar-refractivity contribution < 1.29 is 14.5 Å². The second-order valence-corrected chi connectivity index (χ2v) is 4.05. The van der Waals surface area contributed by atoms with Crippen LogP contribution >= 0.6 is 0 Å². The summed E-state index contributed by atoms with van der Waals surface area (Å²) in [6, 6.07) is 6.36. The largest absolute Gasteiger partial charge is 0.466 e. The fraction of sp³-hybridized carbons (Fsp3) is 0.417. The molecule has 1 aliphatic rings. The molecule has 0 amide bonds. The standard InChI is InChI=1S/C12H13NO4/c1-2-17-12(14)11-7-10(11)8-3-5-9(6-4-8)13(15)16/h3-6,10-11H,2,7H2,1H3/t10-,11-/m1/s1. The minimum Gasteiger partial charge on any atom is -0.466 e. The number of esters is 1. The van der Waals surface area contributed by atoms with Gasteiger partial charge in [-0.15, -0.1) is 0 Å². The van der Waals surface area contributed by atoms with E-state index in [4.69, 9.17) is 4.74 Å². The van der Waals surface area contributed by atoms with Crippen molar-refractivity contribution in [2.75, 3.05) is 6.61 Å². The van der Waals surface area contributed by atoms with Gasteiger partial charge in [0.05, 0.1) is 17.4 Å². The van der Waals surface area contributed by atoms with Gasteiger partial charge < -0.3 is 4.74 Å². The number of nitro groups is 1. The topological polar surface area (TPSA) is 69.4 Å². The molecule has 0 spiro atoms. The molecule has 0 radical (unpaired) electrons. The molecule has 1 aliphatic carbocycles. The average Bonchev–Trinajstić information content (AvgIpc) is 3.09. The maximum Gasteiger partial charge on any atom is 0.309 e. The molecule has 0 heterocycles. The van der Waals surface area contributed by atoms with Crippen LogP contribution in [-0.4, -0.2) is 17.5 Å². The molecule has 0 aliphatic heterocycles.